The number of carbonyl (C=O) groups is 2. The number of ketones is 1. The molecule has 0 unspecified atom stereocenters. The van der Waals surface area contributed by atoms with Crippen LogP contribution < -0.4 is 0 Å². The van der Waals surface area contributed by atoms with Crippen LogP contribution in [-0.4, -0.2) is 18.4 Å². The van der Waals surface area contributed by atoms with Gasteiger partial charge < -0.3 is 4.74 Å². The molecule has 0 aliphatic rings. The number of Topliss-reactive ketones (excluding diaryl/α,β-unsaturated/α-hetero) is 1. The molecule has 3 nitrogen and oxygen atoms in total. The molecule has 0 heterocycles. The summed E-state index contributed by atoms with van der Waals surface area (Å²) in [6.07, 6.45) is 0. The molecule has 126 valence electrons. The standard InChI is InChI=1S/C20H21ClO3/c1-11-12(2)14(4)19(15(5)13(11)3)20(23)24-10-18(22)16-8-6-7-9-17(16)21/h6-9H,10H2,1-5H3. The molecule has 2 aromatic rings. The second kappa shape index (κ2) is 7.18. The summed E-state index contributed by atoms with van der Waals surface area (Å²) in [5.74, 6) is -0.790. The lowest BCUT2D eigenvalue weighted by atomic mass is 9.90. The average Bonchev–Trinajstić information content (AvgIpc) is 2.56. The number of carbonyl (C=O) groups excluding carboxylic acids is 2. The Morgan fingerprint density at radius 3 is 1.92 bits per heavy atom. The Labute approximate surface area is 147 Å². The van der Waals surface area contributed by atoms with Gasteiger partial charge in [0.2, 0.25) is 5.78 Å². The zero-order valence-corrected chi connectivity index (χ0v) is 15.4. The minimum absolute atomic E-state index is 0.315. The minimum Gasteiger partial charge on any atom is -0.454 e. The molecule has 0 saturated carbocycles. The number of ether oxygens (including phenoxy) is 1. The molecule has 24 heavy (non-hydrogen) atoms. The molecule has 0 fully saturated rings. The molecule has 0 atom stereocenters. The second-order valence-electron chi connectivity index (χ2n) is 5.98. The summed E-state index contributed by atoms with van der Waals surface area (Å²) in [7, 11) is 0. The summed E-state index contributed by atoms with van der Waals surface area (Å²) in [6, 6.07) is 6.73. The van der Waals surface area contributed by atoms with Crippen LogP contribution in [-0.2, 0) is 4.74 Å². The Bertz CT molecular complexity index is 793. The smallest absolute Gasteiger partial charge is 0.339 e. The third-order valence-corrected chi connectivity index (χ3v) is 5.04. The summed E-state index contributed by atoms with van der Waals surface area (Å²) in [5, 5.41) is 0.355. The first-order chi connectivity index (χ1) is 11.3. The van der Waals surface area contributed by atoms with E-state index in [1.54, 1.807) is 24.3 Å². The lowest BCUT2D eigenvalue weighted by molar-refractivity contribution is 0.0473. The SMILES string of the molecule is Cc1c(C)c(C)c(C(=O)OCC(=O)c2ccccc2Cl)c(C)c1C. The van der Waals surface area contributed by atoms with Gasteiger partial charge in [-0.15, -0.1) is 0 Å². The quantitative estimate of drug-likeness (QED) is 0.584. The zero-order valence-electron chi connectivity index (χ0n) is 14.6. The fourth-order valence-corrected chi connectivity index (χ4v) is 3.02. The highest BCUT2D eigenvalue weighted by molar-refractivity contribution is 6.34. The predicted octanol–water partition coefficient (Wildman–Crippen LogP) is 4.92. The van der Waals surface area contributed by atoms with E-state index >= 15 is 0 Å². The van der Waals surface area contributed by atoms with Gasteiger partial charge in [-0.2, -0.15) is 0 Å². The van der Waals surface area contributed by atoms with Crippen LogP contribution >= 0.6 is 11.6 Å². The number of halogens is 1. The monoisotopic (exact) mass is 344 g/mol. The van der Waals surface area contributed by atoms with Crippen molar-refractivity contribution in [1.82, 2.24) is 0 Å². The Balaban J connectivity index is 2.23. The summed E-state index contributed by atoms with van der Waals surface area (Å²) < 4.78 is 5.26. The molecular weight excluding hydrogens is 324 g/mol. The second-order valence-corrected chi connectivity index (χ2v) is 6.39. The van der Waals surface area contributed by atoms with Crippen LogP contribution in [0, 0.1) is 34.6 Å². The Morgan fingerprint density at radius 1 is 0.875 bits per heavy atom. The van der Waals surface area contributed by atoms with Crippen molar-refractivity contribution in [2.75, 3.05) is 6.61 Å². The van der Waals surface area contributed by atoms with Gasteiger partial charge in [0.25, 0.3) is 0 Å². The van der Waals surface area contributed by atoms with E-state index in [4.69, 9.17) is 16.3 Å². The zero-order chi connectivity index (χ0) is 18.0. The molecular formula is C20H21ClO3. The molecule has 0 saturated heterocycles. The van der Waals surface area contributed by atoms with Crippen molar-refractivity contribution in [3.05, 3.63) is 68.2 Å². The molecule has 0 aliphatic carbocycles. The van der Waals surface area contributed by atoms with E-state index < -0.39 is 5.97 Å². The molecule has 0 bridgehead atoms. The van der Waals surface area contributed by atoms with Gasteiger partial charge in [0, 0.05) is 5.56 Å². The van der Waals surface area contributed by atoms with Gasteiger partial charge in [-0.3, -0.25) is 4.79 Å². The van der Waals surface area contributed by atoms with Gasteiger partial charge in [0.1, 0.15) is 0 Å². The first-order valence-corrected chi connectivity index (χ1v) is 8.15. The van der Waals surface area contributed by atoms with Crippen LogP contribution in [0.2, 0.25) is 5.02 Å². The Hall–Kier alpha value is -2.13. The maximum atomic E-state index is 12.5. The molecule has 2 aromatic carbocycles. The molecule has 0 N–H and O–H groups in total. The first-order valence-electron chi connectivity index (χ1n) is 7.77. The van der Waals surface area contributed by atoms with Crippen LogP contribution in [0.15, 0.2) is 24.3 Å². The van der Waals surface area contributed by atoms with E-state index in [-0.39, 0.29) is 12.4 Å². The lowest BCUT2D eigenvalue weighted by Crippen LogP contribution is -2.17. The normalized spacial score (nSPS) is 10.6. The highest BCUT2D eigenvalue weighted by Gasteiger charge is 2.20. The summed E-state index contributed by atoms with van der Waals surface area (Å²) in [4.78, 5) is 24.7. The molecule has 4 heteroatoms. The van der Waals surface area contributed by atoms with Gasteiger partial charge in [-0.05, 0) is 74.6 Å². The summed E-state index contributed by atoms with van der Waals surface area (Å²) in [6.45, 7) is 9.50. The predicted molar refractivity (Wildman–Crippen MR) is 96.2 cm³/mol. The van der Waals surface area contributed by atoms with E-state index in [9.17, 15) is 9.59 Å². The highest BCUT2D eigenvalue weighted by Crippen LogP contribution is 2.26. The van der Waals surface area contributed by atoms with Crippen molar-refractivity contribution in [3.63, 3.8) is 0 Å². The van der Waals surface area contributed by atoms with E-state index in [2.05, 4.69) is 0 Å². The Kier molecular flexibility index (Phi) is 5.45. The third kappa shape index (κ3) is 3.36. The van der Waals surface area contributed by atoms with Crippen molar-refractivity contribution in [3.8, 4) is 0 Å². The first kappa shape index (κ1) is 18.2. The molecule has 0 aliphatic heterocycles. The summed E-state index contributed by atoms with van der Waals surface area (Å²) >= 11 is 6.00. The maximum Gasteiger partial charge on any atom is 0.339 e. The van der Waals surface area contributed by atoms with Crippen molar-refractivity contribution in [1.29, 1.82) is 0 Å². The van der Waals surface area contributed by atoms with E-state index in [1.807, 2.05) is 34.6 Å². The van der Waals surface area contributed by atoms with Gasteiger partial charge >= 0.3 is 5.97 Å². The topological polar surface area (TPSA) is 43.4 Å². The minimum atomic E-state index is -0.475. The van der Waals surface area contributed by atoms with Crippen LogP contribution in [0.25, 0.3) is 0 Å². The van der Waals surface area contributed by atoms with Crippen molar-refractivity contribution in [2.24, 2.45) is 0 Å². The van der Waals surface area contributed by atoms with Gasteiger partial charge in [0.05, 0.1) is 10.6 Å². The number of hydrogen-bond donors (Lipinski definition) is 0. The molecule has 0 radical (unpaired) electrons. The Morgan fingerprint density at radius 2 is 1.38 bits per heavy atom. The van der Waals surface area contributed by atoms with Gasteiger partial charge in [-0.1, -0.05) is 23.7 Å². The molecule has 0 amide bonds. The number of hydrogen-bond acceptors (Lipinski definition) is 3. The van der Waals surface area contributed by atoms with Crippen molar-refractivity contribution in [2.45, 2.75) is 34.6 Å². The number of benzene rings is 2. The highest BCUT2D eigenvalue weighted by atomic mass is 35.5. The fourth-order valence-electron chi connectivity index (χ4n) is 2.77. The van der Waals surface area contributed by atoms with E-state index in [0.717, 1.165) is 22.3 Å². The average molecular weight is 345 g/mol. The van der Waals surface area contributed by atoms with Gasteiger partial charge in [-0.25, -0.2) is 4.79 Å². The van der Waals surface area contributed by atoms with Crippen LogP contribution in [0.5, 0.6) is 0 Å². The van der Waals surface area contributed by atoms with Crippen molar-refractivity contribution < 1.29 is 14.3 Å². The molecule has 2 rings (SSSR count). The van der Waals surface area contributed by atoms with Crippen LogP contribution in [0.4, 0.5) is 0 Å². The maximum absolute atomic E-state index is 12.5. The van der Waals surface area contributed by atoms with E-state index in [1.165, 1.54) is 5.56 Å². The molecule has 0 spiro atoms. The van der Waals surface area contributed by atoms with E-state index in [0.29, 0.717) is 16.1 Å². The largest absolute Gasteiger partial charge is 0.454 e. The molecule has 0 aromatic heterocycles. The van der Waals surface area contributed by atoms with Gasteiger partial charge in [0.15, 0.2) is 6.61 Å². The number of rotatable bonds is 4. The fraction of sp³-hybridized carbons (Fsp3) is 0.300. The van der Waals surface area contributed by atoms with Crippen LogP contribution in [0.1, 0.15) is 48.5 Å². The van der Waals surface area contributed by atoms with Crippen LogP contribution in [0.3, 0.4) is 0 Å². The lowest BCUT2D eigenvalue weighted by Gasteiger charge is -2.17. The van der Waals surface area contributed by atoms with Crippen molar-refractivity contribution >= 4 is 23.4 Å². The summed E-state index contributed by atoms with van der Waals surface area (Å²) in [5.41, 5.74) is 6.01. The third-order valence-electron chi connectivity index (χ3n) is 4.71. The number of esters is 1.